The van der Waals surface area contributed by atoms with Crippen LogP contribution in [-0.4, -0.2) is 35.7 Å². The zero-order valence-corrected chi connectivity index (χ0v) is 8.51. The van der Waals surface area contributed by atoms with E-state index in [1.165, 1.54) is 5.57 Å². The molecule has 0 atom stereocenters. The van der Waals surface area contributed by atoms with Crippen LogP contribution in [0.25, 0.3) is 0 Å². The lowest BCUT2D eigenvalue weighted by Crippen LogP contribution is -2.34. The van der Waals surface area contributed by atoms with Crippen LogP contribution < -0.4 is 0 Å². The van der Waals surface area contributed by atoms with Crippen LogP contribution in [0.4, 0.5) is 0 Å². The summed E-state index contributed by atoms with van der Waals surface area (Å²) in [4.78, 5) is 2.23. The summed E-state index contributed by atoms with van der Waals surface area (Å²) in [6.07, 6.45) is 1.02. The Morgan fingerprint density at radius 2 is 2.08 bits per heavy atom. The molecule has 0 amide bonds. The highest BCUT2D eigenvalue weighted by Crippen LogP contribution is 2.04. The maximum Gasteiger partial charge on any atom is 0.0558 e. The van der Waals surface area contributed by atoms with Crippen molar-refractivity contribution in [2.75, 3.05) is 19.7 Å². The van der Waals surface area contributed by atoms with Gasteiger partial charge in [-0.1, -0.05) is 19.1 Å². The first-order valence-corrected chi connectivity index (χ1v) is 4.63. The monoisotopic (exact) mass is 171 g/mol. The third-order valence-electron chi connectivity index (χ3n) is 2.04. The molecule has 0 aromatic rings. The summed E-state index contributed by atoms with van der Waals surface area (Å²) in [6, 6.07) is 0.487. The maximum atomic E-state index is 8.80. The average molecular weight is 171 g/mol. The van der Waals surface area contributed by atoms with Gasteiger partial charge in [0.25, 0.3) is 0 Å². The van der Waals surface area contributed by atoms with Gasteiger partial charge >= 0.3 is 0 Å². The summed E-state index contributed by atoms with van der Waals surface area (Å²) >= 11 is 0. The molecule has 0 aliphatic rings. The third-order valence-corrected chi connectivity index (χ3v) is 2.04. The van der Waals surface area contributed by atoms with Gasteiger partial charge in [0.05, 0.1) is 6.61 Å². The van der Waals surface area contributed by atoms with Crippen molar-refractivity contribution in [2.45, 2.75) is 33.2 Å². The number of nitrogens with zero attached hydrogens (tertiary/aromatic N) is 1. The SMILES string of the molecule is C=C(CC)CN(CCO)C(C)C. The van der Waals surface area contributed by atoms with E-state index in [0.29, 0.717) is 6.04 Å². The van der Waals surface area contributed by atoms with Crippen molar-refractivity contribution < 1.29 is 5.11 Å². The molecule has 0 aliphatic heterocycles. The molecule has 0 saturated carbocycles. The summed E-state index contributed by atoms with van der Waals surface area (Å²) in [5.74, 6) is 0. The molecule has 0 radical (unpaired) electrons. The van der Waals surface area contributed by atoms with E-state index in [2.05, 4.69) is 32.3 Å². The lowest BCUT2D eigenvalue weighted by atomic mass is 10.2. The van der Waals surface area contributed by atoms with Gasteiger partial charge in [0.2, 0.25) is 0 Å². The largest absolute Gasteiger partial charge is 0.395 e. The van der Waals surface area contributed by atoms with E-state index < -0.39 is 0 Å². The number of aliphatic hydroxyl groups excluding tert-OH is 1. The zero-order valence-electron chi connectivity index (χ0n) is 8.51. The quantitative estimate of drug-likeness (QED) is 0.614. The van der Waals surface area contributed by atoms with Crippen molar-refractivity contribution in [1.82, 2.24) is 4.90 Å². The molecule has 0 fully saturated rings. The highest BCUT2D eigenvalue weighted by atomic mass is 16.3. The molecular formula is C10H21NO. The Labute approximate surface area is 75.9 Å². The first-order chi connectivity index (χ1) is 5.61. The smallest absolute Gasteiger partial charge is 0.0558 e. The molecule has 0 aromatic carbocycles. The minimum absolute atomic E-state index is 0.231. The van der Waals surface area contributed by atoms with Gasteiger partial charge in [-0.05, 0) is 20.3 Å². The lowest BCUT2D eigenvalue weighted by Gasteiger charge is -2.26. The fourth-order valence-corrected chi connectivity index (χ4v) is 1.05. The molecule has 0 heterocycles. The molecule has 12 heavy (non-hydrogen) atoms. The van der Waals surface area contributed by atoms with Crippen LogP contribution in [0.15, 0.2) is 12.2 Å². The van der Waals surface area contributed by atoms with Gasteiger partial charge in [-0.2, -0.15) is 0 Å². The lowest BCUT2D eigenvalue weighted by molar-refractivity contribution is 0.176. The van der Waals surface area contributed by atoms with E-state index in [9.17, 15) is 0 Å². The normalized spacial score (nSPS) is 11.2. The number of rotatable bonds is 6. The van der Waals surface area contributed by atoms with E-state index in [-0.39, 0.29) is 6.61 Å². The first-order valence-electron chi connectivity index (χ1n) is 4.63. The fourth-order valence-electron chi connectivity index (χ4n) is 1.05. The number of aliphatic hydroxyl groups is 1. The van der Waals surface area contributed by atoms with Crippen LogP contribution >= 0.6 is 0 Å². The summed E-state index contributed by atoms with van der Waals surface area (Å²) in [5, 5.41) is 8.80. The minimum Gasteiger partial charge on any atom is -0.395 e. The van der Waals surface area contributed by atoms with Crippen molar-refractivity contribution in [2.24, 2.45) is 0 Å². The molecule has 0 unspecified atom stereocenters. The van der Waals surface area contributed by atoms with Gasteiger partial charge in [0.15, 0.2) is 0 Å². The maximum absolute atomic E-state index is 8.80. The molecular weight excluding hydrogens is 150 g/mol. The van der Waals surface area contributed by atoms with Crippen LogP contribution in [0.5, 0.6) is 0 Å². The molecule has 1 N–H and O–H groups in total. The minimum atomic E-state index is 0.231. The van der Waals surface area contributed by atoms with Crippen LogP contribution in [0.3, 0.4) is 0 Å². The second-order valence-electron chi connectivity index (χ2n) is 3.39. The van der Waals surface area contributed by atoms with Gasteiger partial charge in [0, 0.05) is 19.1 Å². The molecule has 0 aromatic heterocycles. The Morgan fingerprint density at radius 3 is 2.42 bits per heavy atom. The Morgan fingerprint density at radius 1 is 1.50 bits per heavy atom. The van der Waals surface area contributed by atoms with Crippen LogP contribution in [-0.2, 0) is 0 Å². The van der Waals surface area contributed by atoms with Crippen molar-refractivity contribution in [3.63, 3.8) is 0 Å². The average Bonchev–Trinajstić information content (AvgIpc) is 2.03. The summed E-state index contributed by atoms with van der Waals surface area (Å²) in [5.41, 5.74) is 1.23. The van der Waals surface area contributed by atoms with Crippen molar-refractivity contribution in [3.05, 3.63) is 12.2 Å². The Kier molecular flexibility index (Phi) is 6.03. The summed E-state index contributed by atoms with van der Waals surface area (Å²) in [7, 11) is 0. The van der Waals surface area contributed by atoms with Crippen molar-refractivity contribution >= 4 is 0 Å². The van der Waals surface area contributed by atoms with Crippen molar-refractivity contribution in [1.29, 1.82) is 0 Å². The number of hydrogen-bond donors (Lipinski definition) is 1. The highest BCUT2D eigenvalue weighted by Gasteiger charge is 2.08. The van der Waals surface area contributed by atoms with E-state index >= 15 is 0 Å². The molecule has 2 heteroatoms. The predicted molar refractivity (Wildman–Crippen MR) is 53.2 cm³/mol. The second-order valence-corrected chi connectivity index (χ2v) is 3.39. The Bertz CT molecular complexity index is 132. The molecule has 0 rings (SSSR count). The standard InChI is InChI=1S/C10H21NO/c1-5-10(4)8-11(6-7-12)9(2)3/h9,12H,4-8H2,1-3H3. The van der Waals surface area contributed by atoms with Gasteiger partial charge in [-0.25, -0.2) is 0 Å². The highest BCUT2D eigenvalue weighted by molar-refractivity contribution is 4.96. The molecule has 72 valence electrons. The van der Waals surface area contributed by atoms with Crippen LogP contribution in [0.1, 0.15) is 27.2 Å². The second kappa shape index (κ2) is 6.21. The van der Waals surface area contributed by atoms with Gasteiger partial charge < -0.3 is 5.11 Å². The molecule has 0 saturated heterocycles. The Hall–Kier alpha value is -0.340. The predicted octanol–water partition coefficient (Wildman–Crippen LogP) is 1.66. The van der Waals surface area contributed by atoms with Gasteiger partial charge in [-0.3, -0.25) is 4.90 Å². The molecule has 2 nitrogen and oxygen atoms in total. The van der Waals surface area contributed by atoms with Gasteiger partial charge in [-0.15, -0.1) is 0 Å². The van der Waals surface area contributed by atoms with Gasteiger partial charge in [0.1, 0.15) is 0 Å². The summed E-state index contributed by atoms with van der Waals surface area (Å²) < 4.78 is 0. The molecule has 0 bridgehead atoms. The van der Waals surface area contributed by atoms with Crippen LogP contribution in [0.2, 0.25) is 0 Å². The Balaban J connectivity index is 3.86. The summed E-state index contributed by atoms with van der Waals surface area (Å²) in [6.45, 7) is 12.2. The topological polar surface area (TPSA) is 23.5 Å². The molecule has 0 spiro atoms. The van der Waals surface area contributed by atoms with E-state index in [0.717, 1.165) is 19.5 Å². The van der Waals surface area contributed by atoms with Crippen LogP contribution in [0, 0.1) is 0 Å². The third kappa shape index (κ3) is 4.52. The fraction of sp³-hybridized carbons (Fsp3) is 0.800. The number of hydrogen-bond acceptors (Lipinski definition) is 2. The zero-order chi connectivity index (χ0) is 9.56. The van der Waals surface area contributed by atoms with Crippen molar-refractivity contribution in [3.8, 4) is 0 Å². The van der Waals surface area contributed by atoms with E-state index in [1.54, 1.807) is 0 Å². The van der Waals surface area contributed by atoms with E-state index in [4.69, 9.17) is 5.11 Å². The molecule has 0 aliphatic carbocycles. The van der Waals surface area contributed by atoms with E-state index in [1.807, 2.05) is 0 Å². The first kappa shape index (κ1) is 11.7.